The molecule has 0 fully saturated rings. The topological polar surface area (TPSA) is 82.4 Å². The second-order valence-corrected chi connectivity index (χ2v) is 14.2. The predicted molar refractivity (Wildman–Crippen MR) is 246 cm³/mol. The third-order valence-electron chi connectivity index (χ3n) is 8.83. The van der Waals surface area contributed by atoms with Crippen molar-refractivity contribution in [2.24, 2.45) is 0 Å². The normalized spacial score (nSPS) is 10.0. The van der Waals surface area contributed by atoms with Gasteiger partial charge in [-0.3, -0.25) is 22.4 Å². The summed E-state index contributed by atoms with van der Waals surface area (Å²) in [5.41, 5.74) is 8.88. The zero-order valence-electron chi connectivity index (χ0n) is 36.8. The summed E-state index contributed by atoms with van der Waals surface area (Å²) in [5.74, 6) is -1.93. The Morgan fingerprint density at radius 3 is 1.43 bits per heavy atom. The molecule has 0 saturated heterocycles. The number of anilines is 4. The van der Waals surface area contributed by atoms with Crippen molar-refractivity contribution in [1.82, 2.24) is 15.0 Å². The Bertz CT molecular complexity index is 2730. The Kier molecular flexibility index (Phi) is 24.7. The Balaban J connectivity index is 0.000000328. The molecule has 67 heavy (non-hydrogen) atoms. The van der Waals surface area contributed by atoms with Crippen LogP contribution in [0.25, 0.3) is 33.8 Å². The number of carbonyl (C=O) groups is 1. The van der Waals surface area contributed by atoms with Gasteiger partial charge in [-0.25, -0.2) is 0 Å². The standard InChI is InChI=1S/C23H16FN2.C13H12FN2.C12H8F2N.C5H8O2.3Ir/c24-19-13-11-18(12-14-19)23-17-22(15-16-25-23)26(20-7-3-1-4-8-20)21-9-5-2-6-10-21;1-16(2)12-7-8-15-13(9-12)10-3-5-11(14)6-4-10;1-8-4-5-15-12(6-8)10-3-2-9(13)7-11(10)14;1-4(6)3-5(2)7;;;/h1-11,13-17H;3,5-9H,1-2H3;2,4-7H,1H3;3,6H,1-2H3;;;/q3*-1;;;;. The second kappa shape index (κ2) is 28.9. The second-order valence-electron chi connectivity index (χ2n) is 14.2. The van der Waals surface area contributed by atoms with E-state index in [-0.39, 0.29) is 89.1 Å². The number of nitrogens with zero attached hydrogens (tertiary/aromatic N) is 5. The van der Waals surface area contributed by atoms with Crippen LogP contribution in [0.15, 0.2) is 176 Å². The van der Waals surface area contributed by atoms with Gasteiger partial charge in [-0.1, -0.05) is 71.8 Å². The summed E-state index contributed by atoms with van der Waals surface area (Å²) in [5, 5.41) is 8.36. The summed E-state index contributed by atoms with van der Waals surface area (Å²) in [6.45, 7) is 4.73. The fraction of sp³-hybridized carbons (Fsp3) is 0.0943. The van der Waals surface area contributed by atoms with E-state index in [0.717, 1.165) is 63.0 Å². The van der Waals surface area contributed by atoms with E-state index < -0.39 is 11.6 Å². The van der Waals surface area contributed by atoms with Crippen LogP contribution < -0.4 is 9.80 Å². The van der Waals surface area contributed by atoms with E-state index in [0.29, 0.717) is 5.69 Å². The van der Waals surface area contributed by atoms with Gasteiger partial charge in [-0.15, -0.1) is 71.8 Å². The first kappa shape index (κ1) is 57.2. The van der Waals surface area contributed by atoms with Gasteiger partial charge in [0.1, 0.15) is 0 Å². The summed E-state index contributed by atoms with van der Waals surface area (Å²) in [6, 6.07) is 50.8. The first-order valence-corrected chi connectivity index (χ1v) is 19.8. The van der Waals surface area contributed by atoms with E-state index in [9.17, 15) is 22.4 Å². The predicted octanol–water partition coefficient (Wildman–Crippen LogP) is 13.1. The van der Waals surface area contributed by atoms with Crippen LogP contribution in [0.5, 0.6) is 0 Å². The van der Waals surface area contributed by atoms with E-state index in [4.69, 9.17) is 5.11 Å². The van der Waals surface area contributed by atoms with E-state index in [1.807, 2.05) is 92.6 Å². The molecule has 5 aromatic carbocycles. The van der Waals surface area contributed by atoms with Gasteiger partial charge in [-0.2, -0.15) is 0 Å². The number of para-hydroxylation sites is 2. The molecule has 3 radical (unpaired) electrons. The molecule has 3 heterocycles. The van der Waals surface area contributed by atoms with Gasteiger partial charge in [0.05, 0.1) is 5.76 Å². The third-order valence-corrected chi connectivity index (χ3v) is 8.83. The van der Waals surface area contributed by atoms with Crippen LogP contribution in [0.1, 0.15) is 19.4 Å². The number of ketones is 1. The van der Waals surface area contributed by atoms with Gasteiger partial charge in [0.2, 0.25) is 0 Å². The number of aliphatic hydroxyl groups is 1. The van der Waals surface area contributed by atoms with Crippen molar-refractivity contribution in [2.75, 3.05) is 23.9 Å². The number of halogens is 4. The molecule has 0 aliphatic carbocycles. The van der Waals surface area contributed by atoms with Crippen molar-refractivity contribution >= 4 is 28.5 Å². The molecule has 3 aromatic heterocycles. The van der Waals surface area contributed by atoms with Crippen molar-refractivity contribution < 1.29 is 87.8 Å². The van der Waals surface area contributed by atoms with Crippen molar-refractivity contribution in [3.8, 4) is 33.8 Å². The molecule has 0 saturated carbocycles. The number of benzene rings is 5. The summed E-state index contributed by atoms with van der Waals surface area (Å²) in [4.78, 5) is 26.9. The molecule has 8 aromatic rings. The number of aliphatic hydroxyl groups excluding tert-OH is 1. The maximum Gasteiger partial charge on any atom is 0.155 e. The van der Waals surface area contributed by atoms with Gasteiger partial charge in [0.15, 0.2) is 5.78 Å². The molecule has 0 aliphatic heterocycles. The molecule has 0 spiro atoms. The molecule has 0 bridgehead atoms. The monoisotopic (exact) mass is 1440 g/mol. The zero-order chi connectivity index (χ0) is 46.0. The van der Waals surface area contributed by atoms with Crippen LogP contribution in [0.4, 0.5) is 40.3 Å². The molecule has 8 rings (SSSR count). The van der Waals surface area contributed by atoms with Gasteiger partial charge >= 0.3 is 0 Å². The average Bonchev–Trinajstić information content (AvgIpc) is 3.28. The van der Waals surface area contributed by atoms with Crippen molar-refractivity contribution in [3.05, 3.63) is 223 Å². The number of carbonyl (C=O) groups excluding carboxylic acids is 1. The minimum Gasteiger partial charge on any atom is -0.512 e. The Labute approximate surface area is 429 Å². The number of aromatic nitrogens is 3. The van der Waals surface area contributed by atoms with Crippen LogP contribution in [0.3, 0.4) is 0 Å². The summed E-state index contributed by atoms with van der Waals surface area (Å²) in [7, 11) is 3.93. The smallest absolute Gasteiger partial charge is 0.155 e. The largest absolute Gasteiger partial charge is 0.512 e. The zero-order valence-corrected chi connectivity index (χ0v) is 44.0. The van der Waals surface area contributed by atoms with E-state index in [2.05, 4.69) is 62.3 Å². The van der Waals surface area contributed by atoms with E-state index in [1.54, 1.807) is 36.8 Å². The van der Waals surface area contributed by atoms with Gasteiger partial charge in [0, 0.05) is 145 Å². The maximum atomic E-state index is 13.4. The fourth-order valence-corrected chi connectivity index (χ4v) is 5.89. The molecule has 351 valence electrons. The number of aryl methyl sites for hydroxylation is 1. The summed E-state index contributed by atoms with van der Waals surface area (Å²) < 4.78 is 52.0. The van der Waals surface area contributed by atoms with Crippen LogP contribution in [0.2, 0.25) is 0 Å². The fourth-order valence-electron chi connectivity index (χ4n) is 5.89. The summed E-state index contributed by atoms with van der Waals surface area (Å²) >= 11 is 0. The maximum absolute atomic E-state index is 13.4. The van der Waals surface area contributed by atoms with E-state index >= 15 is 0 Å². The number of rotatable bonds is 8. The minimum absolute atomic E-state index is 0. The SMILES string of the molecule is CC(=O)C=C(C)O.CN(C)c1ccnc(-c2[c-]cc(F)cc2)c1.Cc1ccnc(-c2[c-]cc(F)cc2F)c1.Fc1c[c-]c(-c2cc(N(c3ccccc3)c3ccccc3)ccn2)cc1.[Ir].[Ir].[Ir]. The van der Waals surface area contributed by atoms with Crippen molar-refractivity contribution in [3.63, 3.8) is 0 Å². The molecule has 0 atom stereocenters. The number of hydrogen-bond acceptors (Lipinski definition) is 7. The van der Waals surface area contributed by atoms with Crippen LogP contribution in [-0.4, -0.2) is 39.9 Å². The van der Waals surface area contributed by atoms with Crippen LogP contribution in [0, 0.1) is 48.4 Å². The molecular weight excluding hydrogens is 1390 g/mol. The number of allylic oxidation sites excluding steroid dienone is 2. The quantitative estimate of drug-likeness (QED) is 0.0702. The molecule has 0 aliphatic rings. The molecule has 0 unspecified atom stereocenters. The van der Waals surface area contributed by atoms with E-state index in [1.165, 1.54) is 44.2 Å². The molecular formula is C53H44F4Ir3N5O2-3. The molecule has 14 heteroatoms. The first-order valence-electron chi connectivity index (χ1n) is 19.8. The molecule has 0 amide bonds. The minimum atomic E-state index is -0.645. The average molecular weight is 1440 g/mol. The van der Waals surface area contributed by atoms with Gasteiger partial charge in [-0.05, 0) is 80.3 Å². The van der Waals surface area contributed by atoms with Crippen LogP contribution in [-0.2, 0) is 65.1 Å². The van der Waals surface area contributed by atoms with Crippen molar-refractivity contribution in [2.45, 2.75) is 20.8 Å². The molecule has 1 N–H and O–H groups in total. The van der Waals surface area contributed by atoms with Crippen LogP contribution >= 0.6 is 0 Å². The van der Waals surface area contributed by atoms with Crippen molar-refractivity contribution in [1.29, 1.82) is 0 Å². The molecule has 7 nitrogen and oxygen atoms in total. The van der Waals surface area contributed by atoms with Gasteiger partial charge in [0.25, 0.3) is 0 Å². The number of hydrogen-bond donors (Lipinski definition) is 1. The summed E-state index contributed by atoms with van der Waals surface area (Å²) in [6.07, 6.45) is 6.25. The number of pyridine rings is 3. The Morgan fingerprint density at radius 2 is 1.01 bits per heavy atom. The third kappa shape index (κ3) is 18.3. The first-order chi connectivity index (χ1) is 30.8. The van der Waals surface area contributed by atoms with Gasteiger partial charge < -0.3 is 29.9 Å². The Hall–Kier alpha value is -5.97. The Morgan fingerprint density at radius 1 is 0.552 bits per heavy atom.